The SMILES string of the molecule is C=CCCC(=O)NC[C@@H](C)OC(=O)[C@H]1[C@@H]2O[C@@]3(CC2Br)[C@@H]1C(=O)N([C@@H](CO)[C@@H](C)CC)[C@@H]3C(=O)N(CC=C)CCCCC. The number of halogens is 1. The third-order valence-electron chi connectivity index (χ3n) is 9.25. The van der Waals surface area contributed by atoms with Gasteiger partial charge in [-0.1, -0.05) is 68.1 Å². The van der Waals surface area contributed by atoms with Crippen molar-refractivity contribution in [1.82, 2.24) is 15.1 Å². The van der Waals surface area contributed by atoms with Gasteiger partial charge >= 0.3 is 5.97 Å². The van der Waals surface area contributed by atoms with Crippen LogP contribution in [0.3, 0.4) is 0 Å². The summed E-state index contributed by atoms with van der Waals surface area (Å²) in [5, 5.41) is 13.3. The van der Waals surface area contributed by atoms with Crippen LogP contribution < -0.4 is 5.32 Å². The molecule has 43 heavy (non-hydrogen) atoms. The molecule has 11 heteroatoms. The zero-order valence-electron chi connectivity index (χ0n) is 26.1. The quantitative estimate of drug-likeness (QED) is 0.0994. The van der Waals surface area contributed by atoms with Crippen molar-refractivity contribution in [3.8, 4) is 0 Å². The first kappa shape index (κ1) is 35.2. The lowest BCUT2D eigenvalue weighted by atomic mass is 9.70. The van der Waals surface area contributed by atoms with Crippen LogP contribution in [0.1, 0.15) is 72.6 Å². The molecule has 1 spiro atoms. The molecule has 0 aromatic carbocycles. The topological polar surface area (TPSA) is 125 Å². The van der Waals surface area contributed by atoms with Crippen molar-refractivity contribution in [2.45, 2.75) is 107 Å². The molecule has 2 bridgehead atoms. The van der Waals surface area contributed by atoms with E-state index in [1.54, 1.807) is 24.0 Å². The fraction of sp³-hybridized carbons (Fsp3) is 0.750. The predicted octanol–water partition coefficient (Wildman–Crippen LogP) is 3.36. The lowest BCUT2D eigenvalue weighted by Crippen LogP contribution is -2.60. The molecule has 0 aromatic rings. The Morgan fingerprint density at radius 1 is 1.26 bits per heavy atom. The molecule has 0 radical (unpaired) electrons. The zero-order valence-corrected chi connectivity index (χ0v) is 27.7. The molecule has 0 aromatic heterocycles. The van der Waals surface area contributed by atoms with Crippen LogP contribution in [0.4, 0.5) is 0 Å². The van der Waals surface area contributed by atoms with E-state index in [9.17, 15) is 24.3 Å². The number of carbonyl (C=O) groups excluding carboxylic acids is 4. The number of likely N-dealkylation sites (tertiary alicyclic amines) is 1. The molecule has 9 atom stereocenters. The fourth-order valence-electron chi connectivity index (χ4n) is 6.86. The molecule has 3 fully saturated rings. The summed E-state index contributed by atoms with van der Waals surface area (Å²) in [7, 11) is 0. The second-order valence-electron chi connectivity index (χ2n) is 12.2. The third-order valence-corrected chi connectivity index (χ3v) is 10.1. The van der Waals surface area contributed by atoms with Gasteiger partial charge in [0.1, 0.15) is 17.7 Å². The Morgan fingerprint density at radius 2 is 1.98 bits per heavy atom. The summed E-state index contributed by atoms with van der Waals surface area (Å²) in [6.45, 7) is 15.8. The molecular weight excluding hydrogens is 618 g/mol. The maximum Gasteiger partial charge on any atom is 0.312 e. The van der Waals surface area contributed by atoms with Crippen molar-refractivity contribution >= 4 is 39.6 Å². The Labute approximate surface area is 264 Å². The van der Waals surface area contributed by atoms with Crippen LogP contribution in [-0.2, 0) is 28.7 Å². The molecule has 3 saturated heterocycles. The maximum atomic E-state index is 14.5. The normalized spacial score (nSPS) is 29.5. The summed E-state index contributed by atoms with van der Waals surface area (Å²) in [4.78, 5) is 57.7. The van der Waals surface area contributed by atoms with Gasteiger partial charge in [-0.15, -0.1) is 13.2 Å². The van der Waals surface area contributed by atoms with E-state index in [1.165, 1.54) is 4.90 Å². The second kappa shape index (κ2) is 15.7. The maximum absolute atomic E-state index is 14.5. The summed E-state index contributed by atoms with van der Waals surface area (Å²) in [5.41, 5.74) is -1.25. The van der Waals surface area contributed by atoms with Crippen LogP contribution in [0, 0.1) is 17.8 Å². The van der Waals surface area contributed by atoms with Gasteiger partial charge in [0.15, 0.2) is 0 Å². The van der Waals surface area contributed by atoms with Crippen LogP contribution in [0.5, 0.6) is 0 Å². The van der Waals surface area contributed by atoms with Crippen LogP contribution in [0.15, 0.2) is 25.3 Å². The number of allylic oxidation sites excluding steroid dienone is 1. The van der Waals surface area contributed by atoms with Crippen molar-refractivity contribution in [3.05, 3.63) is 25.3 Å². The Hall–Kier alpha value is -2.24. The number of nitrogens with one attached hydrogen (secondary N) is 1. The van der Waals surface area contributed by atoms with E-state index in [0.29, 0.717) is 38.8 Å². The number of carbonyl (C=O) groups is 4. The van der Waals surface area contributed by atoms with E-state index in [0.717, 1.165) is 19.3 Å². The standard InChI is InChI=1S/C32H50BrN3O7/c1-7-11-13-16-35(15-9-3)30(40)28-32-17-22(33)27(43-32)25(26(32)29(39)36(28)23(19-37)20(5)10-4)31(41)42-21(6)18-34-24(38)14-12-8-2/h8-9,20-23,25-28,37H,2-3,7,10-19H2,1,4-6H3,(H,34,38)/t20-,21+,22?,23-,25+,26-,27+,28+,32-/m0/s1. The second-order valence-corrected chi connectivity index (χ2v) is 13.4. The first-order valence-electron chi connectivity index (χ1n) is 15.7. The molecule has 3 aliphatic heterocycles. The molecule has 0 saturated carbocycles. The first-order valence-corrected chi connectivity index (χ1v) is 16.7. The highest BCUT2D eigenvalue weighted by Gasteiger charge is 2.77. The molecule has 3 amide bonds. The van der Waals surface area contributed by atoms with Gasteiger partial charge in [0.25, 0.3) is 0 Å². The van der Waals surface area contributed by atoms with Crippen molar-refractivity contribution in [2.24, 2.45) is 17.8 Å². The minimum absolute atomic E-state index is 0.0977. The molecule has 3 rings (SSSR count). The Morgan fingerprint density at radius 3 is 2.58 bits per heavy atom. The number of ether oxygens (including phenoxy) is 2. The summed E-state index contributed by atoms with van der Waals surface area (Å²) < 4.78 is 12.4. The fourth-order valence-corrected chi connectivity index (χ4v) is 7.80. The number of hydrogen-bond donors (Lipinski definition) is 2. The van der Waals surface area contributed by atoms with Crippen molar-refractivity contribution in [1.29, 1.82) is 0 Å². The number of fused-ring (bicyclic) bond motifs is 1. The lowest BCUT2D eigenvalue weighted by Gasteiger charge is -2.41. The number of esters is 1. The summed E-state index contributed by atoms with van der Waals surface area (Å²) in [5.74, 6) is -3.34. The van der Waals surface area contributed by atoms with Gasteiger partial charge < -0.3 is 29.7 Å². The van der Waals surface area contributed by atoms with Crippen LogP contribution in [0.25, 0.3) is 0 Å². The van der Waals surface area contributed by atoms with E-state index in [1.807, 2.05) is 13.8 Å². The number of nitrogens with zero attached hydrogens (tertiary/aromatic N) is 2. The molecule has 1 unspecified atom stereocenters. The molecule has 0 aliphatic carbocycles. The number of aliphatic hydroxyl groups excluding tert-OH is 1. The van der Waals surface area contributed by atoms with Gasteiger partial charge in [0, 0.05) is 24.3 Å². The molecular formula is C32H50BrN3O7. The van der Waals surface area contributed by atoms with Gasteiger partial charge in [0.05, 0.1) is 37.1 Å². The first-order chi connectivity index (χ1) is 20.5. The van der Waals surface area contributed by atoms with Crippen LogP contribution >= 0.6 is 15.9 Å². The Kier molecular flexibility index (Phi) is 12.8. The highest BCUT2D eigenvalue weighted by Crippen LogP contribution is 2.61. The Bertz CT molecular complexity index is 1040. The van der Waals surface area contributed by atoms with Gasteiger partial charge in [0.2, 0.25) is 17.7 Å². The number of hydrogen-bond acceptors (Lipinski definition) is 7. The highest BCUT2D eigenvalue weighted by molar-refractivity contribution is 9.09. The number of amides is 3. The van der Waals surface area contributed by atoms with E-state index < -0.39 is 47.7 Å². The van der Waals surface area contributed by atoms with Gasteiger partial charge in [-0.05, 0) is 32.1 Å². The average molecular weight is 669 g/mol. The van der Waals surface area contributed by atoms with Crippen molar-refractivity contribution < 1.29 is 33.8 Å². The largest absolute Gasteiger partial charge is 0.460 e. The minimum Gasteiger partial charge on any atom is -0.460 e. The lowest BCUT2D eigenvalue weighted by molar-refractivity contribution is -0.160. The summed E-state index contributed by atoms with van der Waals surface area (Å²) >= 11 is 3.69. The highest BCUT2D eigenvalue weighted by atomic mass is 79.9. The number of rotatable bonds is 18. The smallest absolute Gasteiger partial charge is 0.312 e. The minimum atomic E-state index is -1.25. The summed E-state index contributed by atoms with van der Waals surface area (Å²) in [6, 6.07) is -1.62. The monoisotopic (exact) mass is 667 g/mol. The number of unbranched alkanes of at least 4 members (excludes halogenated alkanes) is 2. The van der Waals surface area contributed by atoms with Crippen LogP contribution in [-0.4, -0.2) is 99.6 Å². The average Bonchev–Trinajstić information content (AvgIpc) is 3.58. The number of alkyl halides is 1. The van der Waals surface area contributed by atoms with Crippen molar-refractivity contribution in [2.75, 3.05) is 26.2 Å². The van der Waals surface area contributed by atoms with Crippen molar-refractivity contribution in [3.63, 3.8) is 0 Å². The zero-order chi connectivity index (χ0) is 31.9. The molecule has 3 aliphatic rings. The molecule has 242 valence electrons. The van der Waals surface area contributed by atoms with Gasteiger partial charge in [-0.3, -0.25) is 19.2 Å². The van der Waals surface area contributed by atoms with E-state index in [4.69, 9.17) is 9.47 Å². The number of aliphatic hydroxyl groups is 1. The predicted molar refractivity (Wildman–Crippen MR) is 167 cm³/mol. The summed E-state index contributed by atoms with van der Waals surface area (Å²) in [6.07, 6.45) is 6.70. The van der Waals surface area contributed by atoms with Gasteiger partial charge in [-0.2, -0.15) is 0 Å². The molecule has 2 N–H and O–H groups in total. The third kappa shape index (κ3) is 7.20. The molecule has 3 heterocycles. The Balaban J connectivity index is 1.96. The van der Waals surface area contributed by atoms with Crippen LogP contribution in [0.2, 0.25) is 0 Å². The van der Waals surface area contributed by atoms with Gasteiger partial charge in [-0.25, -0.2) is 0 Å². The molecule has 10 nitrogen and oxygen atoms in total. The van der Waals surface area contributed by atoms with E-state index in [-0.39, 0.29) is 41.6 Å². The van der Waals surface area contributed by atoms with E-state index >= 15 is 0 Å². The van der Waals surface area contributed by atoms with E-state index in [2.05, 4.69) is 41.3 Å².